The summed E-state index contributed by atoms with van der Waals surface area (Å²) in [5, 5.41) is 3.72. The van der Waals surface area contributed by atoms with Crippen molar-refractivity contribution in [3.63, 3.8) is 0 Å². The van der Waals surface area contributed by atoms with Gasteiger partial charge in [-0.15, -0.1) is 11.8 Å². The molecule has 4 heteroatoms. The molecule has 2 heterocycles. The summed E-state index contributed by atoms with van der Waals surface area (Å²) in [4.78, 5) is 12.3. The van der Waals surface area contributed by atoms with E-state index in [1.807, 2.05) is 11.8 Å². The molecule has 0 aromatic heterocycles. The van der Waals surface area contributed by atoms with Crippen LogP contribution in [0.15, 0.2) is 227 Å². The molecule has 3 aliphatic carbocycles. The van der Waals surface area contributed by atoms with Gasteiger partial charge in [-0.25, -0.2) is 9.98 Å². The number of fused-ring (bicyclic) bond motifs is 13. The van der Waals surface area contributed by atoms with E-state index in [1.165, 1.54) is 82.8 Å². The second-order valence-corrected chi connectivity index (χ2v) is 19.4. The van der Waals surface area contributed by atoms with E-state index in [4.69, 9.17) is 9.98 Å². The third-order valence-electron chi connectivity index (χ3n) is 14.6. The van der Waals surface area contributed by atoms with Crippen LogP contribution in [0.5, 0.6) is 0 Å². The maximum atomic E-state index is 5.56. The Labute approximate surface area is 385 Å². The molecule has 13 rings (SSSR count). The monoisotopic (exact) mass is 851 g/mol. The Bertz CT molecular complexity index is 3370. The molecule has 8 aromatic rings. The number of nitrogens with one attached hydrogen (secondary N) is 1. The molecule has 0 fully saturated rings. The third kappa shape index (κ3) is 5.63. The predicted octanol–water partition coefficient (Wildman–Crippen LogP) is 14.4. The number of benzene rings is 8. The van der Waals surface area contributed by atoms with E-state index in [2.05, 4.69) is 225 Å². The normalized spacial score (nSPS) is 20.2. The van der Waals surface area contributed by atoms with Crippen molar-refractivity contribution in [2.45, 2.75) is 47.4 Å². The minimum absolute atomic E-state index is 0.260. The lowest BCUT2D eigenvalue weighted by Gasteiger charge is -2.35. The molecule has 0 saturated carbocycles. The summed E-state index contributed by atoms with van der Waals surface area (Å²) >= 11 is 1.90. The van der Waals surface area contributed by atoms with E-state index < -0.39 is 5.66 Å². The maximum absolute atomic E-state index is 5.56. The molecule has 1 N–H and O–H groups in total. The van der Waals surface area contributed by atoms with Crippen molar-refractivity contribution in [1.82, 2.24) is 5.32 Å². The number of hydrogen-bond acceptors (Lipinski definition) is 4. The van der Waals surface area contributed by atoms with Crippen LogP contribution in [-0.4, -0.2) is 11.7 Å². The van der Waals surface area contributed by atoms with Gasteiger partial charge in [0.1, 0.15) is 11.7 Å². The first-order valence-corrected chi connectivity index (χ1v) is 23.7. The van der Waals surface area contributed by atoms with Crippen molar-refractivity contribution in [2.75, 3.05) is 0 Å². The van der Waals surface area contributed by atoms with E-state index in [1.54, 1.807) is 0 Å². The predicted molar refractivity (Wildman–Crippen MR) is 270 cm³/mol. The number of nitrogens with zero attached hydrogens (tertiary/aromatic N) is 2. The molecule has 0 radical (unpaired) electrons. The van der Waals surface area contributed by atoms with Crippen LogP contribution in [0.2, 0.25) is 0 Å². The Morgan fingerprint density at radius 3 is 1.78 bits per heavy atom. The summed E-state index contributed by atoms with van der Waals surface area (Å²) in [5.74, 6) is 2.54. The summed E-state index contributed by atoms with van der Waals surface area (Å²) in [6.07, 6.45) is 7.86. The lowest BCUT2D eigenvalue weighted by Crippen LogP contribution is -2.42. The van der Waals surface area contributed by atoms with Gasteiger partial charge in [0.15, 0.2) is 5.66 Å². The minimum Gasteiger partial charge on any atom is -0.324 e. The number of aliphatic imine (C=N–C) groups is 2. The Morgan fingerprint density at radius 1 is 0.477 bits per heavy atom. The molecule has 310 valence electrons. The Balaban J connectivity index is 0.890. The minimum atomic E-state index is -0.843. The summed E-state index contributed by atoms with van der Waals surface area (Å²) in [5.41, 5.74) is 20.2. The van der Waals surface area contributed by atoms with Crippen LogP contribution < -0.4 is 5.32 Å². The summed E-state index contributed by atoms with van der Waals surface area (Å²) < 4.78 is 0. The number of allylic oxidation sites excluding steroid dienone is 2. The zero-order valence-corrected chi connectivity index (χ0v) is 37.2. The van der Waals surface area contributed by atoms with Crippen molar-refractivity contribution in [3.05, 3.63) is 256 Å². The average Bonchev–Trinajstić information content (AvgIpc) is 3.84. The van der Waals surface area contributed by atoms with Crippen molar-refractivity contribution in [1.29, 1.82) is 0 Å². The molecule has 8 aromatic carbocycles. The van der Waals surface area contributed by atoms with Crippen LogP contribution in [0.3, 0.4) is 0 Å². The van der Waals surface area contributed by atoms with Crippen molar-refractivity contribution in [3.8, 4) is 44.5 Å². The fourth-order valence-electron chi connectivity index (χ4n) is 11.7. The maximum Gasteiger partial charge on any atom is 0.177 e. The Hall–Kier alpha value is -7.27. The quantitative estimate of drug-likeness (QED) is 0.187. The topological polar surface area (TPSA) is 36.8 Å². The number of rotatable bonds is 5. The van der Waals surface area contributed by atoms with Gasteiger partial charge < -0.3 is 5.32 Å². The Morgan fingerprint density at radius 2 is 1.05 bits per heavy atom. The lowest BCUT2D eigenvalue weighted by atomic mass is 9.70. The lowest BCUT2D eigenvalue weighted by molar-refractivity contribution is 0.514. The van der Waals surface area contributed by atoms with E-state index in [-0.39, 0.29) is 10.8 Å². The third-order valence-corrected chi connectivity index (χ3v) is 15.7. The molecular formula is C61H45N3S. The van der Waals surface area contributed by atoms with Crippen LogP contribution in [0.1, 0.15) is 64.8 Å². The smallest absolute Gasteiger partial charge is 0.177 e. The van der Waals surface area contributed by atoms with Gasteiger partial charge in [-0.3, -0.25) is 0 Å². The molecule has 5 aliphatic rings. The fraction of sp³-hybridized carbons (Fsp3) is 0.115. The molecule has 2 unspecified atom stereocenters. The van der Waals surface area contributed by atoms with E-state index >= 15 is 0 Å². The van der Waals surface area contributed by atoms with Crippen LogP contribution in [0, 0.1) is 0 Å². The first-order chi connectivity index (χ1) is 31.9. The van der Waals surface area contributed by atoms with Crippen molar-refractivity contribution < 1.29 is 0 Å². The van der Waals surface area contributed by atoms with Crippen LogP contribution in [0.25, 0.3) is 44.5 Å². The van der Waals surface area contributed by atoms with Crippen LogP contribution in [0.4, 0.5) is 0 Å². The van der Waals surface area contributed by atoms with Gasteiger partial charge in [0.05, 0.1) is 5.41 Å². The number of hydrogen-bond donors (Lipinski definition) is 1. The summed E-state index contributed by atoms with van der Waals surface area (Å²) in [6.45, 7) is 4.53. The van der Waals surface area contributed by atoms with Gasteiger partial charge in [0.25, 0.3) is 0 Å². The first kappa shape index (κ1) is 38.2. The SMILES string of the molecule is CC1(c2ccc(-c3cccc4c3-c3ccccc3C43c4ccccc4-c4ccccc43)cc2)C=C(C2=NC(C)(c3cccc4c3CSc3ccccc3-4)N=C(c3ccccc3)N2)C=CC1. The molecule has 0 amide bonds. The zero-order chi connectivity index (χ0) is 43.3. The highest BCUT2D eigenvalue weighted by Gasteiger charge is 2.52. The van der Waals surface area contributed by atoms with E-state index in [0.717, 1.165) is 40.5 Å². The van der Waals surface area contributed by atoms with Gasteiger partial charge in [-0.05, 0) is 97.3 Å². The zero-order valence-electron chi connectivity index (χ0n) is 36.3. The number of amidine groups is 2. The highest BCUT2D eigenvalue weighted by atomic mass is 32.2. The van der Waals surface area contributed by atoms with Gasteiger partial charge in [-0.2, -0.15) is 0 Å². The first-order valence-electron chi connectivity index (χ1n) is 22.7. The molecule has 1 spiro atoms. The molecule has 0 saturated heterocycles. The average molecular weight is 852 g/mol. The summed E-state index contributed by atoms with van der Waals surface area (Å²) in [7, 11) is 0. The summed E-state index contributed by atoms with van der Waals surface area (Å²) in [6, 6.07) is 69.4. The van der Waals surface area contributed by atoms with Gasteiger partial charge >= 0.3 is 0 Å². The highest BCUT2D eigenvalue weighted by molar-refractivity contribution is 7.98. The highest BCUT2D eigenvalue weighted by Crippen LogP contribution is 2.64. The second-order valence-electron chi connectivity index (χ2n) is 18.4. The molecule has 3 nitrogen and oxygen atoms in total. The fourth-order valence-corrected chi connectivity index (χ4v) is 12.8. The molecule has 2 aliphatic heterocycles. The molecule has 0 bridgehead atoms. The van der Waals surface area contributed by atoms with Crippen molar-refractivity contribution >= 4 is 23.4 Å². The molecule has 65 heavy (non-hydrogen) atoms. The largest absolute Gasteiger partial charge is 0.324 e. The molecule has 2 atom stereocenters. The van der Waals surface area contributed by atoms with Gasteiger partial charge in [-0.1, -0.05) is 207 Å². The second kappa shape index (κ2) is 14.4. The standard InChI is InChI=1S/C61H45N3S/c1-59(36-16-19-41(37-59)58-62-57(40-17-4-3-5-18-40)63-60(2,64-58)50-29-15-25-44-47-22-9-13-31-55(47)65-38-49(44)50)42-34-32-39(33-35-42)43-24-14-30-54-56(43)48-23-8-12-28-53(48)61(54)51-26-10-6-20-45(51)46-21-7-11-27-52(46)61/h3-35,37H,36,38H2,1-2H3,(H,62,63,64). The van der Waals surface area contributed by atoms with Crippen molar-refractivity contribution in [2.24, 2.45) is 9.98 Å². The van der Waals surface area contributed by atoms with Gasteiger partial charge in [0.2, 0.25) is 0 Å². The van der Waals surface area contributed by atoms with Gasteiger partial charge in [0, 0.05) is 32.8 Å². The van der Waals surface area contributed by atoms with Crippen LogP contribution >= 0.6 is 11.8 Å². The Kier molecular flexibility index (Phi) is 8.45. The molecular weight excluding hydrogens is 807 g/mol. The van der Waals surface area contributed by atoms with Crippen LogP contribution in [-0.2, 0) is 22.2 Å². The van der Waals surface area contributed by atoms with E-state index in [9.17, 15) is 0 Å². The number of thioether (sulfide) groups is 1. The van der Waals surface area contributed by atoms with E-state index in [0.29, 0.717) is 0 Å².